The van der Waals surface area contributed by atoms with Gasteiger partial charge in [0.15, 0.2) is 0 Å². The Balaban J connectivity index is 3.57. The van der Waals surface area contributed by atoms with Crippen LogP contribution in [0.5, 0.6) is 0 Å². The molecule has 0 saturated heterocycles. The summed E-state index contributed by atoms with van der Waals surface area (Å²) in [7, 11) is -1.20. The summed E-state index contributed by atoms with van der Waals surface area (Å²) in [4.78, 5) is 4.66. The van der Waals surface area contributed by atoms with Crippen LogP contribution in [0.2, 0.25) is 18.1 Å². The molecule has 0 aliphatic carbocycles. The van der Waals surface area contributed by atoms with Crippen molar-refractivity contribution in [3.05, 3.63) is 12.3 Å². The van der Waals surface area contributed by atoms with Crippen LogP contribution in [0.4, 0.5) is 0 Å². The highest BCUT2D eigenvalue weighted by Crippen LogP contribution is 2.26. The highest BCUT2D eigenvalue weighted by molar-refractivity contribution is 6.84. The fourth-order valence-corrected chi connectivity index (χ4v) is 7.96. The molecular formula is C23H47NSi. The van der Waals surface area contributed by atoms with Crippen molar-refractivity contribution in [1.82, 2.24) is 0 Å². The normalized spacial score (nSPS) is 12.1. The lowest BCUT2D eigenvalue weighted by atomic mass is 10.1. The third-order valence-corrected chi connectivity index (χ3v) is 10.6. The van der Waals surface area contributed by atoms with Crippen LogP contribution < -0.4 is 0 Å². The van der Waals surface area contributed by atoms with Crippen molar-refractivity contribution in [2.45, 2.75) is 122 Å². The Labute approximate surface area is 160 Å². The van der Waals surface area contributed by atoms with Gasteiger partial charge in [0.05, 0.1) is 8.07 Å². The van der Waals surface area contributed by atoms with E-state index in [0.29, 0.717) is 0 Å². The summed E-state index contributed by atoms with van der Waals surface area (Å²) in [6, 6.07) is 4.19. The van der Waals surface area contributed by atoms with E-state index in [0.717, 1.165) is 6.54 Å². The van der Waals surface area contributed by atoms with Gasteiger partial charge in [0.1, 0.15) is 0 Å². The van der Waals surface area contributed by atoms with Crippen molar-refractivity contribution in [1.29, 1.82) is 0 Å². The van der Waals surface area contributed by atoms with E-state index in [4.69, 9.17) is 0 Å². The molecule has 0 aliphatic heterocycles. The quantitative estimate of drug-likeness (QED) is 0.124. The van der Waals surface area contributed by atoms with Crippen molar-refractivity contribution >= 4 is 14.3 Å². The molecule has 0 bridgehead atoms. The van der Waals surface area contributed by atoms with Crippen LogP contribution in [0.3, 0.4) is 0 Å². The van der Waals surface area contributed by atoms with Gasteiger partial charge in [-0.25, -0.2) is 0 Å². The first-order chi connectivity index (χ1) is 12.2. The lowest BCUT2D eigenvalue weighted by molar-refractivity contribution is 0.558. The smallest absolute Gasteiger partial charge is 0.0773 e. The summed E-state index contributed by atoms with van der Waals surface area (Å²) in [5, 5.41) is 0. The van der Waals surface area contributed by atoms with Gasteiger partial charge >= 0.3 is 0 Å². The molecule has 0 heterocycles. The maximum Gasteiger partial charge on any atom is 0.0773 e. The molecule has 25 heavy (non-hydrogen) atoms. The SMILES string of the molecule is C=C[Si](CCC)(CCC)CCC=NCCCCCCCCCCCC. The molecule has 0 spiro atoms. The Hall–Kier alpha value is -0.373. The molecule has 0 unspecified atom stereocenters. The largest absolute Gasteiger partial charge is 0.298 e. The van der Waals surface area contributed by atoms with Gasteiger partial charge in [-0.2, -0.15) is 0 Å². The molecule has 0 fully saturated rings. The Morgan fingerprint density at radius 1 is 0.680 bits per heavy atom. The van der Waals surface area contributed by atoms with Crippen molar-refractivity contribution in [3.63, 3.8) is 0 Å². The fourth-order valence-electron chi connectivity index (χ4n) is 3.90. The minimum atomic E-state index is -1.20. The molecule has 148 valence electrons. The summed E-state index contributed by atoms with van der Waals surface area (Å²) in [5.74, 6) is 0. The first kappa shape index (κ1) is 24.6. The van der Waals surface area contributed by atoms with Crippen LogP contribution in [0.25, 0.3) is 0 Å². The number of hydrogen-bond donors (Lipinski definition) is 0. The molecule has 0 amide bonds. The zero-order valence-corrected chi connectivity index (χ0v) is 18.8. The Morgan fingerprint density at radius 2 is 1.20 bits per heavy atom. The fraction of sp³-hybridized carbons (Fsp3) is 0.870. The maximum absolute atomic E-state index is 4.66. The summed E-state index contributed by atoms with van der Waals surface area (Å²) >= 11 is 0. The maximum atomic E-state index is 4.66. The van der Waals surface area contributed by atoms with Crippen LogP contribution in [0.15, 0.2) is 17.3 Å². The predicted molar refractivity (Wildman–Crippen MR) is 121 cm³/mol. The first-order valence-corrected chi connectivity index (χ1v) is 14.1. The molecule has 0 atom stereocenters. The van der Waals surface area contributed by atoms with Crippen LogP contribution in [0.1, 0.15) is 104 Å². The third kappa shape index (κ3) is 14.5. The monoisotopic (exact) mass is 365 g/mol. The van der Waals surface area contributed by atoms with Gasteiger partial charge in [-0.1, -0.05) is 103 Å². The highest BCUT2D eigenvalue weighted by atomic mass is 28.3. The molecule has 0 N–H and O–H groups in total. The lowest BCUT2D eigenvalue weighted by Crippen LogP contribution is -2.31. The molecule has 0 radical (unpaired) electrons. The number of hydrogen-bond acceptors (Lipinski definition) is 1. The molecule has 0 aliphatic rings. The van der Waals surface area contributed by atoms with E-state index in [9.17, 15) is 0 Å². The molecule has 0 aromatic heterocycles. The van der Waals surface area contributed by atoms with E-state index in [1.165, 1.54) is 102 Å². The molecule has 0 aromatic rings. The van der Waals surface area contributed by atoms with Gasteiger partial charge in [-0.05, 0) is 25.1 Å². The van der Waals surface area contributed by atoms with Crippen LogP contribution >= 0.6 is 0 Å². The van der Waals surface area contributed by atoms with Gasteiger partial charge < -0.3 is 0 Å². The Bertz CT molecular complexity index is 305. The van der Waals surface area contributed by atoms with E-state index in [1.807, 2.05) is 0 Å². The third-order valence-electron chi connectivity index (χ3n) is 5.47. The first-order valence-electron chi connectivity index (χ1n) is 11.4. The van der Waals surface area contributed by atoms with Gasteiger partial charge in [0.25, 0.3) is 0 Å². The van der Waals surface area contributed by atoms with Crippen LogP contribution in [0, 0.1) is 0 Å². The van der Waals surface area contributed by atoms with Crippen molar-refractivity contribution in [3.8, 4) is 0 Å². The van der Waals surface area contributed by atoms with E-state index in [1.54, 1.807) is 0 Å². The predicted octanol–water partition coefficient (Wildman–Crippen LogP) is 8.36. The van der Waals surface area contributed by atoms with Crippen molar-refractivity contribution < 1.29 is 0 Å². The second kappa shape index (κ2) is 18.4. The molecule has 0 rings (SSSR count). The van der Waals surface area contributed by atoms with Gasteiger partial charge in [-0.15, -0.1) is 12.3 Å². The average Bonchev–Trinajstić information content (AvgIpc) is 2.62. The van der Waals surface area contributed by atoms with Crippen LogP contribution in [-0.2, 0) is 0 Å². The van der Waals surface area contributed by atoms with E-state index < -0.39 is 8.07 Å². The van der Waals surface area contributed by atoms with Gasteiger partial charge in [0, 0.05) is 6.54 Å². The Kier molecular flexibility index (Phi) is 18.1. The molecule has 0 saturated carbocycles. The topological polar surface area (TPSA) is 12.4 Å². The van der Waals surface area contributed by atoms with Gasteiger partial charge in [0.2, 0.25) is 0 Å². The second-order valence-electron chi connectivity index (χ2n) is 7.88. The minimum Gasteiger partial charge on any atom is -0.298 e. The van der Waals surface area contributed by atoms with Crippen LogP contribution in [-0.4, -0.2) is 20.8 Å². The van der Waals surface area contributed by atoms with E-state index in [2.05, 4.69) is 44.3 Å². The van der Waals surface area contributed by atoms with Gasteiger partial charge in [-0.3, -0.25) is 4.99 Å². The summed E-state index contributed by atoms with van der Waals surface area (Å²) in [5.41, 5.74) is 2.36. The molecule has 1 nitrogen and oxygen atoms in total. The number of rotatable bonds is 19. The number of nitrogens with zero attached hydrogens (tertiary/aromatic N) is 1. The average molecular weight is 366 g/mol. The number of unbranched alkanes of at least 4 members (excludes halogenated alkanes) is 9. The second-order valence-corrected chi connectivity index (χ2v) is 12.5. The zero-order chi connectivity index (χ0) is 18.6. The highest BCUT2D eigenvalue weighted by Gasteiger charge is 2.26. The zero-order valence-electron chi connectivity index (χ0n) is 17.8. The molecule has 0 aromatic carbocycles. The van der Waals surface area contributed by atoms with E-state index >= 15 is 0 Å². The summed E-state index contributed by atoms with van der Waals surface area (Å²) < 4.78 is 0. The van der Waals surface area contributed by atoms with Crippen molar-refractivity contribution in [2.75, 3.05) is 6.54 Å². The molecular weight excluding hydrogens is 318 g/mol. The number of aliphatic imine (C=N–C) groups is 1. The standard InChI is InChI=1S/C23H47NSi/c1-5-9-10-11-12-13-14-15-16-17-19-24-20-18-23-25(8-4,21-6-2)22-7-3/h8,20H,4-7,9-19,21-23H2,1-3H3. The van der Waals surface area contributed by atoms with Crippen molar-refractivity contribution in [2.24, 2.45) is 4.99 Å². The Morgan fingerprint density at radius 3 is 1.68 bits per heavy atom. The summed E-state index contributed by atoms with van der Waals surface area (Å²) in [6.45, 7) is 12.1. The lowest BCUT2D eigenvalue weighted by Gasteiger charge is -2.27. The molecule has 2 heteroatoms. The van der Waals surface area contributed by atoms with E-state index in [-0.39, 0.29) is 0 Å². The summed E-state index contributed by atoms with van der Waals surface area (Å²) in [6.07, 6.45) is 20.0. The minimum absolute atomic E-state index is 1.04.